The number of hydrogen-bond acceptors (Lipinski definition) is 8. The maximum absolute atomic E-state index is 15.3. The fraction of sp³-hybridized carbons (Fsp3) is 0.273. The number of nitrogens with zero attached hydrogens (tertiary/aromatic N) is 3. The zero-order valence-electron chi connectivity index (χ0n) is 19.4. The van der Waals surface area contributed by atoms with Crippen molar-refractivity contribution >= 4 is 21.2 Å². The molecule has 0 bridgehead atoms. The van der Waals surface area contributed by atoms with Crippen LogP contribution in [0.15, 0.2) is 58.7 Å². The normalized spacial score (nSPS) is 18.8. The molecule has 1 aliphatic rings. The lowest BCUT2D eigenvalue weighted by Gasteiger charge is -2.40. The minimum Gasteiger partial charge on any atom is -0.492 e. The quantitative estimate of drug-likeness (QED) is 0.415. The number of aromatic nitrogens is 4. The number of hydrogen-bond donors (Lipinski definition) is 4. The molecule has 1 aliphatic heterocycles. The van der Waals surface area contributed by atoms with E-state index in [-0.39, 0.29) is 10.5 Å². The number of nitrogens with one attached hydrogen (secondary N) is 3. The summed E-state index contributed by atoms with van der Waals surface area (Å²) in [6, 6.07) is 5.46. The first-order valence-electron chi connectivity index (χ1n) is 10.3. The molecule has 3 heterocycles. The third kappa shape index (κ3) is 4.05. The van der Waals surface area contributed by atoms with Gasteiger partial charge < -0.3 is 21.1 Å². The molecule has 0 radical (unpaired) electrons. The van der Waals surface area contributed by atoms with Crippen molar-refractivity contribution in [2.24, 2.45) is 12.8 Å². The summed E-state index contributed by atoms with van der Waals surface area (Å²) in [5, 5.41) is 17.6. The van der Waals surface area contributed by atoms with Crippen LogP contribution in [0.25, 0.3) is 5.57 Å². The fourth-order valence-corrected chi connectivity index (χ4v) is 4.59. The van der Waals surface area contributed by atoms with Crippen LogP contribution < -0.4 is 16.4 Å². The van der Waals surface area contributed by atoms with Gasteiger partial charge in [-0.25, -0.2) is 12.8 Å². The lowest BCUT2D eigenvalue weighted by molar-refractivity contribution is 0.289. The highest BCUT2D eigenvalue weighted by atomic mass is 32.2. The zero-order chi connectivity index (χ0) is 24.8. The molecule has 34 heavy (non-hydrogen) atoms. The number of allylic oxidation sites excluding steroid dienone is 1. The van der Waals surface area contributed by atoms with Gasteiger partial charge in [-0.05, 0) is 31.6 Å². The van der Waals surface area contributed by atoms with Crippen LogP contribution in [0.2, 0.25) is 0 Å². The van der Waals surface area contributed by atoms with Crippen molar-refractivity contribution in [3.8, 4) is 0 Å². The van der Waals surface area contributed by atoms with Gasteiger partial charge in [-0.1, -0.05) is 6.07 Å². The number of ether oxygens (including phenoxy) is 1. The second-order valence-electron chi connectivity index (χ2n) is 8.22. The number of sulfone groups is 1. The van der Waals surface area contributed by atoms with Gasteiger partial charge in [0.25, 0.3) is 0 Å². The predicted molar refractivity (Wildman–Crippen MR) is 125 cm³/mol. The van der Waals surface area contributed by atoms with Gasteiger partial charge in [-0.2, -0.15) is 10.2 Å². The Kier molecular flexibility index (Phi) is 5.74. The van der Waals surface area contributed by atoms with Crippen molar-refractivity contribution in [3.63, 3.8) is 0 Å². The number of aryl methyl sites for hydroxylation is 2. The van der Waals surface area contributed by atoms with Gasteiger partial charge in [-0.15, -0.1) is 0 Å². The summed E-state index contributed by atoms with van der Waals surface area (Å²) >= 11 is 0. The molecule has 0 spiro atoms. The molecule has 1 unspecified atom stereocenters. The van der Waals surface area contributed by atoms with E-state index in [9.17, 15) is 8.42 Å². The fourth-order valence-electron chi connectivity index (χ4n) is 3.96. The van der Waals surface area contributed by atoms with Crippen molar-refractivity contribution in [2.75, 3.05) is 18.7 Å². The number of halogens is 1. The van der Waals surface area contributed by atoms with Gasteiger partial charge in [0.15, 0.2) is 27.2 Å². The Morgan fingerprint density at radius 1 is 1.26 bits per heavy atom. The highest BCUT2D eigenvalue weighted by Crippen LogP contribution is 2.41. The smallest absolute Gasteiger partial charge is 0.175 e. The van der Waals surface area contributed by atoms with Gasteiger partial charge in [0, 0.05) is 48.0 Å². The highest BCUT2D eigenvalue weighted by molar-refractivity contribution is 7.90. The minimum absolute atomic E-state index is 0.0615. The van der Waals surface area contributed by atoms with Crippen LogP contribution in [-0.4, -0.2) is 41.8 Å². The number of rotatable bonds is 6. The van der Waals surface area contributed by atoms with E-state index in [4.69, 9.17) is 10.5 Å². The Hall–Kier alpha value is -3.64. The second-order valence-corrected chi connectivity index (χ2v) is 10.2. The van der Waals surface area contributed by atoms with E-state index >= 15 is 4.39 Å². The molecule has 0 saturated carbocycles. The Morgan fingerprint density at radius 3 is 2.53 bits per heavy atom. The van der Waals surface area contributed by atoms with Crippen molar-refractivity contribution in [2.45, 2.75) is 24.4 Å². The summed E-state index contributed by atoms with van der Waals surface area (Å²) in [5.41, 5.74) is 8.04. The summed E-state index contributed by atoms with van der Waals surface area (Å²) in [5.74, 6) is 0.515. The molecule has 2 aromatic heterocycles. The Bertz CT molecular complexity index is 1440. The molecule has 180 valence electrons. The molecule has 10 nitrogen and oxygen atoms in total. The topological polar surface area (TPSA) is 140 Å². The first-order chi connectivity index (χ1) is 15.9. The molecule has 0 fully saturated rings. The first kappa shape index (κ1) is 23.5. The van der Waals surface area contributed by atoms with E-state index in [0.717, 1.165) is 18.0 Å². The maximum Gasteiger partial charge on any atom is 0.175 e. The van der Waals surface area contributed by atoms with Crippen molar-refractivity contribution < 1.29 is 17.5 Å². The van der Waals surface area contributed by atoms with Gasteiger partial charge in [0.1, 0.15) is 11.5 Å². The molecular formula is C22H26FN7O3S. The van der Waals surface area contributed by atoms with Gasteiger partial charge >= 0.3 is 0 Å². The number of anilines is 1. The van der Waals surface area contributed by atoms with E-state index in [0.29, 0.717) is 34.1 Å². The van der Waals surface area contributed by atoms with Crippen LogP contribution in [0.3, 0.4) is 0 Å². The van der Waals surface area contributed by atoms with Gasteiger partial charge in [0.05, 0.1) is 18.2 Å². The largest absolute Gasteiger partial charge is 0.492 e. The van der Waals surface area contributed by atoms with Crippen LogP contribution in [0.4, 0.5) is 10.2 Å². The van der Waals surface area contributed by atoms with Gasteiger partial charge in [0.2, 0.25) is 0 Å². The Balaban J connectivity index is 1.93. The van der Waals surface area contributed by atoms with E-state index in [2.05, 4.69) is 25.9 Å². The average Bonchev–Trinajstić information content (AvgIpc) is 3.37. The number of methoxy groups -OCH3 is 1. The Labute approximate surface area is 196 Å². The van der Waals surface area contributed by atoms with Crippen LogP contribution in [0.1, 0.15) is 23.7 Å². The van der Waals surface area contributed by atoms with Crippen molar-refractivity contribution in [3.05, 3.63) is 76.5 Å². The second kappa shape index (κ2) is 8.29. The van der Waals surface area contributed by atoms with E-state index < -0.39 is 21.3 Å². The molecule has 4 rings (SSSR count). The summed E-state index contributed by atoms with van der Waals surface area (Å²) in [4.78, 5) is -0.138. The maximum atomic E-state index is 15.3. The van der Waals surface area contributed by atoms with E-state index in [1.54, 1.807) is 37.1 Å². The Morgan fingerprint density at radius 2 is 2.00 bits per heavy atom. The number of dihydropyridines is 1. The number of nitrogens with two attached hydrogens (primary N) is 1. The molecule has 0 amide bonds. The van der Waals surface area contributed by atoms with Crippen molar-refractivity contribution in [1.29, 1.82) is 0 Å². The molecule has 0 aliphatic carbocycles. The third-order valence-electron chi connectivity index (χ3n) is 5.69. The van der Waals surface area contributed by atoms with E-state index in [1.165, 1.54) is 19.2 Å². The minimum atomic E-state index is -3.60. The van der Waals surface area contributed by atoms with Crippen LogP contribution in [0.5, 0.6) is 0 Å². The van der Waals surface area contributed by atoms with Crippen LogP contribution in [0, 0.1) is 12.7 Å². The van der Waals surface area contributed by atoms with E-state index in [1.807, 2.05) is 6.92 Å². The molecule has 12 heteroatoms. The van der Waals surface area contributed by atoms with Gasteiger partial charge in [-0.3, -0.25) is 9.78 Å². The molecule has 0 saturated heterocycles. The molecule has 1 aromatic carbocycles. The zero-order valence-corrected chi connectivity index (χ0v) is 20.2. The number of H-pyrrole nitrogens is 1. The lowest BCUT2D eigenvalue weighted by atomic mass is 9.84. The molecule has 5 N–H and O–H groups in total. The standard InChI is InChI=1S/C22H26FN7O3S/c1-12-8-18(29-28-12)26-21-20(33-4)19(14-10-25-30(3)11-14)13(2)22(24,27-21)16-7-6-15(9-17(16)23)34(5,31)32/h6-11,27H,24H2,1-5H3,(H2,26,28,29). The molecular weight excluding hydrogens is 461 g/mol. The monoisotopic (exact) mass is 487 g/mol. The molecule has 1 atom stereocenters. The predicted octanol–water partition coefficient (Wildman–Crippen LogP) is 2.11. The highest BCUT2D eigenvalue weighted by Gasteiger charge is 2.41. The van der Waals surface area contributed by atoms with Crippen LogP contribution in [-0.2, 0) is 27.3 Å². The SMILES string of the molecule is COC1=C(Nc2cc(C)[nH]n2)NC(N)(c2ccc(S(C)(=O)=O)cc2F)C(C)=C1c1cnn(C)c1. The summed E-state index contributed by atoms with van der Waals surface area (Å²) in [6.45, 7) is 3.61. The van der Waals surface area contributed by atoms with Crippen molar-refractivity contribution in [1.82, 2.24) is 25.3 Å². The summed E-state index contributed by atoms with van der Waals surface area (Å²) < 4.78 is 46.6. The number of aromatic amines is 1. The lowest BCUT2D eigenvalue weighted by Crippen LogP contribution is -2.55. The summed E-state index contributed by atoms with van der Waals surface area (Å²) in [7, 11) is -0.300. The van der Waals surface area contributed by atoms with Crippen LogP contribution >= 0.6 is 0 Å². The first-order valence-corrected chi connectivity index (χ1v) is 12.2. The average molecular weight is 488 g/mol. The third-order valence-corrected chi connectivity index (χ3v) is 6.80. The molecule has 3 aromatic rings. The number of benzene rings is 1. The summed E-state index contributed by atoms with van der Waals surface area (Å²) in [6.07, 6.45) is 4.47.